The molecule has 2 N–H and O–H groups in total. The van der Waals surface area contributed by atoms with Gasteiger partial charge in [-0.3, -0.25) is 9.88 Å². The highest BCUT2D eigenvalue weighted by Crippen LogP contribution is 2.16. The lowest BCUT2D eigenvalue weighted by Gasteiger charge is -2.26. The van der Waals surface area contributed by atoms with E-state index in [1.807, 2.05) is 18.3 Å². The van der Waals surface area contributed by atoms with Crippen molar-refractivity contribution in [2.24, 2.45) is 4.99 Å². The summed E-state index contributed by atoms with van der Waals surface area (Å²) in [5.41, 5.74) is 1.01. The van der Waals surface area contributed by atoms with E-state index in [-0.39, 0.29) is 0 Å². The maximum Gasteiger partial charge on any atom is 0.191 e. The van der Waals surface area contributed by atoms with Gasteiger partial charge in [0.2, 0.25) is 0 Å². The van der Waals surface area contributed by atoms with Crippen LogP contribution in [-0.4, -0.2) is 61.8 Å². The number of hydrogen-bond acceptors (Lipinski definition) is 4. The molecule has 0 bridgehead atoms. The summed E-state index contributed by atoms with van der Waals surface area (Å²) in [6.45, 7) is 9.30. The third kappa shape index (κ3) is 5.41. The zero-order valence-electron chi connectivity index (χ0n) is 15.6. The maximum atomic E-state index is 5.39. The van der Waals surface area contributed by atoms with Crippen molar-refractivity contribution in [2.75, 3.05) is 45.9 Å². The number of guanidine groups is 1. The van der Waals surface area contributed by atoms with Gasteiger partial charge in [-0.2, -0.15) is 0 Å². The summed E-state index contributed by atoms with van der Waals surface area (Å²) < 4.78 is 5.39. The molecule has 0 atom stereocenters. The number of fused-ring (bicyclic) bond motifs is 1. The number of aromatic nitrogens is 1. The molecular weight excluding hydrogens is 326 g/mol. The topological polar surface area (TPSA) is 61.8 Å². The summed E-state index contributed by atoms with van der Waals surface area (Å²) in [5.74, 6) is 0.851. The molecule has 2 aromatic rings. The number of hydrogen-bond donors (Lipinski definition) is 2. The quantitative estimate of drug-likeness (QED) is 0.452. The smallest absolute Gasteiger partial charge is 0.191 e. The summed E-state index contributed by atoms with van der Waals surface area (Å²) in [7, 11) is 0. The van der Waals surface area contributed by atoms with Crippen molar-refractivity contribution in [3.63, 3.8) is 0 Å². The van der Waals surface area contributed by atoms with E-state index in [1.165, 1.54) is 10.8 Å². The van der Waals surface area contributed by atoms with E-state index in [1.54, 1.807) is 0 Å². The van der Waals surface area contributed by atoms with Gasteiger partial charge in [-0.15, -0.1) is 0 Å². The Morgan fingerprint density at radius 1 is 1.19 bits per heavy atom. The minimum atomic E-state index is 0.570. The number of nitrogens with one attached hydrogen (secondary N) is 2. The number of rotatable bonds is 7. The first-order chi connectivity index (χ1) is 12.9. The highest BCUT2D eigenvalue weighted by atomic mass is 16.5. The Hall–Kier alpha value is -2.18. The number of benzene rings is 1. The predicted molar refractivity (Wildman–Crippen MR) is 106 cm³/mol. The molecule has 1 aromatic heterocycles. The molecule has 1 fully saturated rings. The van der Waals surface area contributed by atoms with Gasteiger partial charge in [-0.1, -0.05) is 24.3 Å². The second-order valence-corrected chi connectivity index (χ2v) is 6.41. The molecule has 0 spiro atoms. The van der Waals surface area contributed by atoms with Gasteiger partial charge in [0.15, 0.2) is 5.96 Å². The number of pyridine rings is 1. The molecule has 0 unspecified atom stereocenters. The van der Waals surface area contributed by atoms with Crippen LogP contribution in [0.3, 0.4) is 0 Å². The second kappa shape index (κ2) is 10.1. The zero-order valence-corrected chi connectivity index (χ0v) is 15.6. The van der Waals surface area contributed by atoms with Gasteiger partial charge in [0.25, 0.3) is 0 Å². The molecule has 1 saturated heterocycles. The first-order valence-electron chi connectivity index (χ1n) is 9.51. The predicted octanol–water partition coefficient (Wildman–Crippen LogP) is 2.01. The molecule has 140 valence electrons. The van der Waals surface area contributed by atoms with E-state index in [2.05, 4.69) is 45.6 Å². The van der Waals surface area contributed by atoms with Gasteiger partial charge in [0.1, 0.15) is 0 Å². The third-order valence-electron chi connectivity index (χ3n) is 4.53. The lowest BCUT2D eigenvalue weighted by molar-refractivity contribution is 0.0376. The number of aliphatic imine (C=N–C) groups is 1. The van der Waals surface area contributed by atoms with Crippen molar-refractivity contribution in [1.29, 1.82) is 0 Å². The summed E-state index contributed by atoms with van der Waals surface area (Å²) in [5, 5.41) is 9.12. The molecule has 6 nitrogen and oxygen atoms in total. The van der Waals surface area contributed by atoms with Crippen LogP contribution in [0.4, 0.5) is 0 Å². The van der Waals surface area contributed by atoms with E-state index in [4.69, 9.17) is 9.73 Å². The van der Waals surface area contributed by atoms with Crippen molar-refractivity contribution in [3.05, 3.63) is 42.2 Å². The Balaban J connectivity index is 1.53. The summed E-state index contributed by atoms with van der Waals surface area (Å²) in [6, 6.07) is 10.4. The van der Waals surface area contributed by atoms with Gasteiger partial charge in [0, 0.05) is 37.8 Å². The van der Waals surface area contributed by atoms with Crippen LogP contribution < -0.4 is 10.6 Å². The van der Waals surface area contributed by atoms with Crippen LogP contribution in [0.15, 0.2) is 41.5 Å². The van der Waals surface area contributed by atoms with Gasteiger partial charge in [-0.25, -0.2) is 4.99 Å². The Morgan fingerprint density at radius 2 is 2.04 bits per heavy atom. The average molecular weight is 355 g/mol. The van der Waals surface area contributed by atoms with Crippen LogP contribution >= 0.6 is 0 Å². The Kier molecular flexibility index (Phi) is 7.22. The molecule has 0 aliphatic carbocycles. The lowest BCUT2D eigenvalue weighted by atomic mass is 10.1. The molecule has 2 heterocycles. The average Bonchev–Trinajstić information content (AvgIpc) is 2.70. The summed E-state index contributed by atoms with van der Waals surface area (Å²) in [4.78, 5) is 11.7. The van der Waals surface area contributed by atoms with Crippen LogP contribution in [-0.2, 0) is 11.3 Å². The highest BCUT2D eigenvalue weighted by molar-refractivity contribution is 5.85. The standard InChI is InChI=1S/C20H29N5O/c1-2-21-20(23-9-5-11-25-12-14-26-15-13-25)24-16-19-18-7-4-3-6-17(18)8-10-22-19/h3-4,6-8,10H,2,5,9,11-16H2,1H3,(H2,21,23,24). The van der Waals surface area contributed by atoms with Crippen LogP contribution in [0.25, 0.3) is 10.8 Å². The van der Waals surface area contributed by atoms with Crippen LogP contribution in [0, 0.1) is 0 Å². The number of nitrogens with zero attached hydrogens (tertiary/aromatic N) is 3. The second-order valence-electron chi connectivity index (χ2n) is 6.41. The van der Waals surface area contributed by atoms with Crippen molar-refractivity contribution in [3.8, 4) is 0 Å². The summed E-state index contributed by atoms with van der Waals surface area (Å²) >= 11 is 0. The van der Waals surface area contributed by atoms with E-state index >= 15 is 0 Å². The fourth-order valence-electron chi connectivity index (χ4n) is 3.14. The fraction of sp³-hybridized carbons (Fsp3) is 0.500. The molecule has 0 saturated carbocycles. The van der Waals surface area contributed by atoms with Crippen LogP contribution in [0.2, 0.25) is 0 Å². The molecule has 1 aliphatic heterocycles. The molecule has 26 heavy (non-hydrogen) atoms. The van der Waals surface area contributed by atoms with Gasteiger partial charge in [0.05, 0.1) is 25.5 Å². The van der Waals surface area contributed by atoms with E-state index in [0.29, 0.717) is 6.54 Å². The van der Waals surface area contributed by atoms with Crippen molar-refractivity contribution in [2.45, 2.75) is 19.9 Å². The molecule has 3 rings (SSSR count). The molecule has 0 radical (unpaired) electrons. The maximum absolute atomic E-state index is 5.39. The van der Waals surface area contributed by atoms with Crippen LogP contribution in [0.5, 0.6) is 0 Å². The zero-order chi connectivity index (χ0) is 18.0. The first-order valence-corrected chi connectivity index (χ1v) is 9.51. The molecular formula is C20H29N5O. The van der Waals surface area contributed by atoms with E-state index < -0.39 is 0 Å². The first kappa shape index (κ1) is 18.6. The van der Waals surface area contributed by atoms with E-state index in [9.17, 15) is 0 Å². The molecule has 1 aromatic carbocycles. The van der Waals surface area contributed by atoms with Crippen molar-refractivity contribution >= 4 is 16.7 Å². The van der Waals surface area contributed by atoms with E-state index in [0.717, 1.165) is 64.0 Å². The lowest BCUT2D eigenvalue weighted by Crippen LogP contribution is -2.40. The minimum Gasteiger partial charge on any atom is -0.379 e. The Morgan fingerprint density at radius 3 is 2.88 bits per heavy atom. The third-order valence-corrected chi connectivity index (χ3v) is 4.53. The monoisotopic (exact) mass is 355 g/mol. The van der Waals surface area contributed by atoms with Gasteiger partial charge in [-0.05, 0) is 31.3 Å². The normalized spacial score (nSPS) is 16.0. The van der Waals surface area contributed by atoms with Crippen molar-refractivity contribution < 1.29 is 4.74 Å². The summed E-state index contributed by atoms with van der Waals surface area (Å²) in [6.07, 6.45) is 2.95. The van der Waals surface area contributed by atoms with Crippen molar-refractivity contribution in [1.82, 2.24) is 20.5 Å². The largest absolute Gasteiger partial charge is 0.379 e. The molecule has 6 heteroatoms. The number of ether oxygens (including phenoxy) is 1. The molecule has 0 amide bonds. The Labute approximate surface area is 155 Å². The fourth-order valence-corrected chi connectivity index (χ4v) is 3.14. The SMILES string of the molecule is CCNC(=NCc1nccc2ccccc12)NCCCN1CCOCC1. The minimum absolute atomic E-state index is 0.570. The van der Waals surface area contributed by atoms with Gasteiger partial charge < -0.3 is 15.4 Å². The van der Waals surface area contributed by atoms with Crippen LogP contribution in [0.1, 0.15) is 19.0 Å². The Bertz CT molecular complexity index is 707. The molecule has 1 aliphatic rings. The number of morpholine rings is 1. The van der Waals surface area contributed by atoms with Gasteiger partial charge >= 0.3 is 0 Å². The highest BCUT2D eigenvalue weighted by Gasteiger charge is 2.09.